The van der Waals surface area contributed by atoms with E-state index < -0.39 is 6.36 Å². The molecule has 0 amide bonds. The van der Waals surface area contributed by atoms with Crippen molar-refractivity contribution in [2.75, 3.05) is 18.5 Å². The Morgan fingerprint density at radius 1 is 1.24 bits per heavy atom. The second kappa shape index (κ2) is 5.80. The van der Waals surface area contributed by atoms with Crippen molar-refractivity contribution in [1.82, 2.24) is 0 Å². The highest BCUT2D eigenvalue weighted by molar-refractivity contribution is 5.48. The van der Waals surface area contributed by atoms with Gasteiger partial charge in [0.05, 0.1) is 0 Å². The predicted octanol–water partition coefficient (Wildman–Crippen LogP) is 3.64. The number of alkyl halides is 3. The van der Waals surface area contributed by atoms with E-state index in [9.17, 15) is 13.2 Å². The Hall–Kier alpha value is -1.39. The first-order chi connectivity index (χ1) is 7.92. The van der Waals surface area contributed by atoms with Gasteiger partial charge in [-0.2, -0.15) is 0 Å². The molecule has 0 spiro atoms. The van der Waals surface area contributed by atoms with E-state index in [2.05, 4.69) is 11.7 Å². The molecule has 5 heteroatoms. The van der Waals surface area contributed by atoms with Crippen LogP contribution in [0.15, 0.2) is 24.3 Å². The summed E-state index contributed by atoms with van der Waals surface area (Å²) in [7, 11) is 1.88. The molecule has 0 unspecified atom stereocenters. The van der Waals surface area contributed by atoms with E-state index in [-0.39, 0.29) is 5.75 Å². The largest absolute Gasteiger partial charge is 0.573 e. The van der Waals surface area contributed by atoms with Crippen LogP contribution < -0.4 is 9.64 Å². The van der Waals surface area contributed by atoms with Crippen LogP contribution in [0.2, 0.25) is 0 Å². The first kappa shape index (κ1) is 13.7. The number of halogens is 3. The molecule has 1 rings (SSSR count). The third kappa shape index (κ3) is 4.97. The molecule has 0 aromatic heterocycles. The number of ether oxygens (including phenoxy) is 1. The molecule has 0 fully saturated rings. The minimum atomic E-state index is -4.64. The van der Waals surface area contributed by atoms with E-state index in [4.69, 9.17) is 0 Å². The topological polar surface area (TPSA) is 12.5 Å². The second-order valence-corrected chi connectivity index (χ2v) is 3.67. The van der Waals surface area contributed by atoms with Gasteiger partial charge in [-0.25, -0.2) is 0 Å². The summed E-state index contributed by atoms with van der Waals surface area (Å²) in [6, 6.07) is 5.82. The molecular weight excluding hydrogens is 231 g/mol. The maximum atomic E-state index is 11.9. The molecule has 17 heavy (non-hydrogen) atoms. The zero-order valence-electron chi connectivity index (χ0n) is 9.63. The van der Waals surface area contributed by atoms with Crippen molar-refractivity contribution in [1.29, 1.82) is 0 Å². The van der Waals surface area contributed by atoms with Crippen molar-refractivity contribution in [2.24, 2.45) is 0 Å². The molecule has 0 aliphatic rings. The van der Waals surface area contributed by atoms with Crippen LogP contribution in [-0.4, -0.2) is 20.0 Å². The molecule has 95 valence electrons. The van der Waals surface area contributed by atoms with Crippen molar-refractivity contribution >= 4 is 5.69 Å². The van der Waals surface area contributed by atoms with E-state index in [1.165, 1.54) is 12.1 Å². The van der Waals surface area contributed by atoms with Crippen LogP contribution in [-0.2, 0) is 0 Å². The standard InChI is InChI=1S/C12H15F3NO/c1-3-4-9-16(2)10-5-7-11(8-6-10)17-12(13,14)15/h5-8H,1,3-4,9H2,2H3. The Labute approximate surface area is 99.0 Å². The molecule has 0 saturated heterocycles. The summed E-state index contributed by atoms with van der Waals surface area (Å²) in [6.45, 7) is 4.56. The summed E-state index contributed by atoms with van der Waals surface area (Å²) in [4.78, 5) is 1.96. The number of unbranched alkanes of at least 4 members (excludes halogenated alkanes) is 1. The lowest BCUT2D eigenvalue weighted by Crippen LogP contribution is -2.19. The maximum absolute atomic E-state index is 11.9. The Balaban J connectivity index is 2.61. The minimum absolute atomic E-state index is 0.202. The average molecular weight is 246 g/mol. The van der Waals surface area contributed by atoms with Crippen LogP contribution in [0.4, 0.5) is 18.9 Å². The molecule has 0 N–H and O–H groups in total. The van der Waals surface area contributed by atoms with Gasteiger partial charge in [-0.05, 0) is 30.7 Å². The van der Waals surface area contributed by atoms with Gasteiger partial charge < -0.3 is 9.64 Å². The van der Waals surface area contributed by atoms with Crippen LogP contribution in [0.25, 0.3) is 0 Å². The summed E-state index contributed by atoms with van der Waals surface area (Å²) in [5.74, 6) is -0.202. The number of benzene rings is 1. The summed E-state index contributed by atoms with van der Waals surface area (Å²) < 4.78 is 39.6. The fraction of sp³-hybridized carbons (Fsp3) is 0.417. The number of nitrogens with zero attached hydrogens (tertiary/aromatic N) is 1. The highest BCUT2D eigenvalue weighted by Gasteiger charge is 2.30. The highest BCUT2D eigenvalue weighted by atomic mass is 19.4. The van der Waals surface area contributed by atoms with Gasteiger partial charge in [-0.1, -0.05) is 13.3 Å². The van der Waals surface area contributed by atoms with Gasteiger partial charge in [0.25, 0.3) is 0 Å². The van der Waals surface area contributed by atoms with E-state index >= 15 is 0 Å². The van der Waals surface area contributed by atoms with Crippen molar-refractivity contribution in [3.8, 4) is 5.75 Å². The lowest BCUT2D eigenvalue weighted by atomic mass is 10.2. The van der Waals surface area contributed by atoms with E-state index in [0.29, 0.717) is 0 Å². The number of anilines is 1. The molecule has 1 aromatic carbocycles. The Kier molecular flexibility index (Phi) is 4.66. The second-order valence-electron chi connectivity index (χ2n) is 3.67. The van der Waals surface area contributed by atoms with Crippen LogP contribution in [0.5, 0.6) is 5.75 Å². The van der Waals surface area contributed by atoms with E-state index in [1.807, 2.05) is 11.9 Å². The lowest BCUT2D eigenvalue weighted by Gasteiger charge is -2.19. The lowest BCUT2D eigenvalue weighted by molar-refractivity contribution is -0.274. The first-order valence-corrected chi connectivity index (χ1v) is 5.28. The molecule has 0 aliphatic heterocycles. The van der Waals surface area contributed by atoms with E-state index in [0.717, 1.165) is 25.1 Å². The molecule has 0 saturated carbocycles. The third-order valence-corrected chi connectivity index (χ3v) is 2.25. The fourth-order valence-electron chi connectivity index (χ4n) is 1.38. The minimum Gasteiger partial charge on any atom is -0.406 e. The average Bonchev–Trinajstić information content (AvgIpc) is 2.24. The van der Waals surface area contributed by atoms with Gasteiger partial charge >= 0.3 is 6.36 Å². The molecule has 0 bridgehead atoms. The predicted molar refractivity (Wildman–Crippen MR) is 61.0 cm³/mol. The van der Waals surface area contributed by atoms with Crippen LogP contribution in [0.3, 0.4) is 0 Å². The van der Waals surface area contributed by atoms with Crippen molar-refractivity contribution in [3.05, 3.63) is 31.2 Å². The smallest absolute Gasteiger partial charge is 0.406 e. The molecule has 1 aromatic rings. The Morgan fingerprint density at radius 3 is 2.29 bits per heavy atom. The monoisotopic (exact) mass is 246 g/mol. The van der Waals surface area contributed by atoms with Crippen LogP contribution in [0.1, 0.15) is 12.8 Å². The van der Waals surface area contributed by atoms with Crippen molar-refractivity contribution in [3.63, 3.8) is 0 Å². The van der Waals surface area contributed by atoms with Gasteiger partial charge in [0.15, 0.2) is 0 Å². The molecule has 2 nitrogen and oxygen atoms in total. The molecule has 1 radical (unpaired) electrons. The highest BCUT2D eigenvalue weighted by Crippen LogP contribution is 2.24. The maximum Gasteiger partial charge on any atom is 0.573 e. The third-order valence-electron chi connectivity index (χ3n) is 2.25. The van der Waals surface area contributed by atoms with Gasteiger partial charge in [-0.15, -0.1) is 13.2 Å². The van der Waals surface area contributed by atoms with Gasteiger partial charge in [0, 0.05) is 19.3 Å². The number of hydrogen-bond donors (Lipinski definition) is 0. The number of hydrogen-bond acceptors (Lipinski definition) is 2. The molecular formula is C12H15F3NO. The zero-order chi connectivity index (χ0) is 12.9. The van der Waals surface area contributed by atoms with Gasteiger partial charge in [-0.3, -0.25) is 0 Å². The van der Waals surface area contributed by atoms with Gasteiger partial charge in [0.2, 0.25) is 0 Å². The van der Waals surface area contributed by atoms with Crippen molar-refractivity contribution < 1.29 is 17.9 Å². The Morgan fingerprint density at radius 2 is 1.82 bits per heavy atom. The van der Waals surface area contributed by atoms with Gasteiger partial charge in [0.1, 0.15) is 5.75 Å². The molecule has 0 heterocycles. The SMILES string of the molecule is [CH2]CCCN(C)c1ccc(OC(F)(F)F)cc1. The van der Waals surface area contributed by atoms with Crippen LogP contribution in [0, 0.1) is 6.92 Å². The van der Waals surface area contributed by atoms with E-state index in [1.54, 1.807) is 12.1 Å². The zero-order valence-corrected chi connectivity index (χ0v) is 9.63. The molecule has 0 atom stereocenters. The fourth-order valence-corrected chi connectivity index (χ4v) is 1.38. The quantitative estimate of drug-likeness (QED) is 0.786. The summed E-state index contributed by atoms with van der Waals surface area (Å²) in [5, 5.41) is 0. The summed E-state index contributed by atoms with van der Waals surface area (Å²) in [5.41, 5.74) is 0.855. The summed E-state index contributed by atoms with van der Waals surface area (Å²) in [6.07, 6.45) is -2.86. The Bertz CT molecular complexity index is 335. The van der Waals surface area contributed by atoms with Crippen LogP contribution >= 0.6 is 0 Å². The first-order valence-electron chi connectivity index (χ1n) is 5.28. The molecule has 0 aliphatic carbocycles. The number of rotatable bonds is 5. The normalized spacial score (nSPS) is 11.4. The summed E-state index contributed by atoms with van der Waals surface area (Å²) >= 11 is 0. The van der Waals surface area contributed by atoms with Crippen molar-refractivity contribution in [2.45, 2.75) is 19.2 Å².